The van der Waals surface area contributed by atoms with Crippen LogP contribution in [0.15, 0.2) is 40.9 Å². The molecule has 0 N–H and O–H groups in total. The lowest BCUT2D eigenvalue weighted by Gasteiger charge is -2.10. The van der Waals surface area contributed by atoms with Crippen molar-refractivity contribution >= 4 is 31.9 Å². The van der Waals surface area contributed by atoms with Crippen molar-refractivity contribution in [2.75, 3.05) is 7.11 Å². The van der Waals surface area contributed by atoms with Crippen molar-refractivity contribution in [2.24, 2.45) is 0 Å². The summed E-state index contributed by atoms with van der Waals surface area (Å²) in [7, 11) is 1.58. The SMILES string of the molecule is COc1ccc(Oc2ccc(CBr)cc2F)c(Br)c1. The largest absolute Gasteiger partial charge is 0.497 e. The van der Waals surface area contributed by atoms with E-state index in [1.807, 2.05) is 6.07 Å². The first-order valence-corrected chi connectivity index (χ1v) is 7.41. The molecule has 0 bridgehead atoms. The molecule has 0 saturated heterocycles. The third-order valence-electron chi connectivity index (χ3n) is 2.51. The average Bonchev–Trinajstić information content (AvgIpc) is 2.42. The van der Waals surface area contributed by atoms with Crippen molar-refractivity contribution in [3.63, 3.8) is 0 Å². The van der Waals surface area contributed by atoms with Gasteiger partial charge >= 0.3 is 0 Å². The number of benzene rings is 2. The van der Waals surface area contributed by atoms with E-state index in [2.05, 4.69) is 31.9 Å². The number of hydrogen-bond donors (Lipinski definition) is 0. The van der Waals surface area contributed by atoms with Crippen LogP contribution in [0, 0.1) is 5.82 Å². The summed E-state index contributed by atoms with van der Waals surface area (Å²) in [5.41, 5.74) is 0.860. The number of halogens is 3. The lowest BCUT2D eigenvalue weighted by atomic mass is 10.2. The number of methoxy groups -OCH3 is 1. The second kappa shape index (κ2) is 6.39. The predicted octanol–water partition coefficient (Wildman–Crippen LogP) is 5.28. The second-order valence-electron chi connectivity index (χ2n) is 3.80. The Hall–Kier alpha value is -1.07. The summed E-state index contributed by atoms with van der Waals surface area (Å²) in [5, 5.41) is 0.608. The number of alkyl halides is 1. The zero-order valence-electron chi connectivity index (χ0n) is 10.1. The normalized spacial score (nSPS) is 10.3. The summed E-state index contributed by atoms with van der Waals surface area (Å²) in [4.78, 5) is 0. The Morgan fingerprint density at radius 3 is 2.42 bits per heavy atom. The van der Waals surface area contributed by atoms with Crippen molar-refractivity contribution in [2.45, 2.75) is 5.33 Å². The Kier molecular flexibility index (Phi) is 4.82. The van der Waals surface area contributed by atoms with E-state index >= 15 is 0 Å². The smallest absolute Gasteiger partial charge is 0.166 e. The van der Waals surface area contributed by atoms with E-state index in [0.717, 1.165) is 5.56 Å². The van der Waals surface area contributed by atoms with E-state index in [0.29, 0.717) is 21.3 Å². The first kappa shape index (κ1) is 14.3. The van der Waals surface area contributed by atoms with Crippen LogP contribution in [0.3, 0.4) is 0 Å². The van der Waals surface area contributed by atoms with E-state index in [1.165, 1.54) is 6.07 Å². The van der Waals surface area contributed by atoms with Gasteiger partial charge in [0.15, 0.2) is 11.6 Å². The highest BCUT2D eigenvalue weighted by atomic mass is 79.9. The van der Waals surface area contributed by atoms with Gasteiger partial charge in [-0.3, -0.25) is 0 Å². The lowest BCUT2D eigenvalue weighted by Crippen LogP contribution is -1.91. The molecular weight excluding hydrogens is 379 g/mol. The van der Waals surface area contributed by atoms with Crippen molar-refractivity contribution < 1.29 is 13.9 Å². The molecule has 0 aliphatic carbocycles. The Morgan fingerprint density at radius 2 is 1.84 bits per heavy atom. The Balaban J connectivity index is 2.26. The van der Waals surface area contributed by atoms with Gasteiger partial charge in [0.1, 0.15) is 11.5 Å². The van der Waals surface area contributed by atoms with Gasteiger partial charge in [0.25, 0.3) is 0 Å². The minimum atomic E-state index is -0.389. The van der Waals surface area contributed by atoms with Gasteiger partial charge in [-0.15, -0.1) is 0 Å². The predicted molar refractivity (Wildman–Crippen MR) is 79.8 cm³/mol. The van der Waals surface area contributed by atoms with Gasteiger partial charge in [0.05, 0.1) is 11.6 Å². The molecule has 0 radical (unpaired) electrons. The molecule has 0 fully saturated rings. The van der Waals surface area contributed by atoms with E-state index in [4.69, 9.17) is 9.47 Å². The maximum atomic E-state index is 13.8. The Morgan fingerprint density at radius 1 is 1.11 bits per heavy atom. The molecule has 2 nitrogen and oxygen atoms in total. The van der Waals surface area contributed by atoms with Gasteiger partial charge in [0.2, 0.25) is 0 Å². The molecule has 0 saturated carbocycles. The molecule has 5 heteroatoms. The minimum Gasteiger partial charge on any atom is -0.497 e. The Labute approximate surface area is 127 Å². The summed E-state index contributed by atoms with van der Waals surface area (Å²) >= 11 is 6.64. The third-order valence-corrected chi connectivity index (χ3v) is 3.78. The van der Waals surface area contributed by atoms with E-state index in [1.54, 1.807) is 31.4 Å². The highest BCUT2D eigenvalue weighted by Crippen LogP contribution is 2.34. The zero-order valence-corrected chi connectivity index (χ0v) is 13.3. The molecule has 0 atom stereocenters. The van der Waals surface area contributed by atoms with Crippen LogP contribution in [-0.2, 0) is 5.33 Å². The van der Waals surface area contributed by atoms with Crippen molar-refractivity contribution in [3.05, 3.63) is 52.3 Å². The molecule has 100 valence electrons. The van der Waals surface area contributed by atoms with Crippen LogP contribution in [0.5, 0.6) is 17.2 Å². The quantitative estimate of drug-likeness (QED) is 0.662. The van der Waals surface area contributed by atoms with Crippen LogP contribution in [-0.4, -0.2) is 7.11 Å². The summed E-state index contributed by atoms with van der Waals surface area (Å²) in [6.07, 6.45) is 0. The minimum absolute atomic E-state index is 0.190. The lowest BCUT2D eigenvalue weighted by molar-refractivity contribution is 0.410. The fourth-order valence-electron chi connectivity index (χ4n) is 1.52. The van der Waals surface area contributed by atoms with Crippen LogP contribution < -0.4 is 9.47 Å². The van der Waals surface area contributed by atoms with Crippen LogP contribution in [0.25, 0.3) is 0 Å². The van der Waals surface area contributed by atoms with Crippen molar-refractivity contribution in [1.82, 2.24) is 0 Å². The van der Waals surface area contributed by atoms with E-state index < -0.39 is 0 Å². The number of rotatable bonds is 4. The molecule has 0 unspecified atom stereocenters. The fraction of sp³-hybridized carbons (Fsp3) is 0.143. The summed E-state index contributed by atoms with van der Waals surface area (Å²) in [6.45, 7) is 0. The van der Waals surface area contributed by atoms with Gasteiger partial charge in [-0.05, 0) is 51.8 Å². The van der Waals surface area contributed by atoms with Gasteiger partial charge in [-0.1, -0.05) is 22.0 Å². The molecule has 2 rings (SSSR count). The van der Waals surface area contributed by atoms with Crippen LogP contribution in [0.4, 0.5) is 4.39 Å². The van der Waals surface area contributed by atoms with Crippen LogP contribution in [0.1, 0.15) is 5.56 Å². The highest BCUT2D eigenvalue weighted by Gasteiger charge is 2.09. The Bertz CT molecular complexity index is 536. The fourth-order valence-corrected chi connectivity index (χ4v) is 2.31. The first-order chi connectivity index (χ1) is 9.13. The molecular formula is C14H11Br2FO2. The molecule has 0 heterocycles. The molecule has 2 aromatic carbocycles. The number of ether oxygens (including phenoxy) is 2. The van der Waals surface area contributed by atoms with Crippen molar-refractivity contribution in [1.29, 1.82) is 0 Å². The standard InChI is InChI=1S/C14H11Br2FO2/c1-18-10-3-5-13(11(16)7-10)19-14-4-2-9(8-15)6-12(14)17/h2-7H,8H2,1H3. The van der Waals surface area contributed by atoms with E-state index in [-0.39, 0.29) is 11.6 Å². The summed E-state index contributed by atoms with van der Waals surface area (Å²) in [5.74, 6) is 1.04. The first-order valence-electron chi connectivity index (χ1n) is 5.50. The molecule has 0 aliphatic rings. The molecule has 0 spiro atoms. The topological polar surface area (TPSA) is 18.5 Å². The third kappa shape index (κ3) is 3.48. The molecule has 19 heavy (non-hydrogen) atoms. The number of hydrogen-bond acceptors (Lipinski definition) is 2. The summed E-state index contributed by atoms with van der Waals surface area (Å²) < 4.78 is 25.2. The maximum absolute atomic E-state index is 13.8. The highest BCUT2D eigenvalue weighted by molar-refractivity contribution is 9.10. The molecule has 2 aromatic rings. The summed E-state index contributed by atoms with van der Waals surface area (Å²) in [6, 6.07) is 10.1. The monoisotopic (exact) mass is 388 g/mol. The second-order valence-corrected chi connectivity index (χ2v) is 5.21. The van der Waals surface area contributed by atoms with E-state index in [9.17, 15) is 4.39 Å². The average molecular weight is 390 g/mol. The van der Waals surface area contributed by atoms with Crippen LogP contribution >= 0.6 is 31.9 Å². The molecule has 0 aliphatic heterocycles. The zero-order chi connectivity index (χ0) is 13.8. The maximum Gasteiger partial charge on any atom is 0.166 e. The van der Waals surface area contributed by atoms with Crippen molar-refractivity contribution in [3.8, 4) is 17.2 Å². The molecule has 0 amide bonds. The van der Waals surface area contributed by atoms with Gasteiger partial charge in [-0.2, -0.15) is 0 Å². The van der Waals surface area contributed by atoms with Gasteiger partial charge < -0.3 is 9.47 Å². The van der Waals surface area contributed by atoms with Gasteiger partial charge in [0, 0.05) is 5.33 Å². The van der Waals surface area contributed by atoms with Gasteiger partial charge in [-0.25, -0.2) is 4.39 Å². The molecule has 0 aromatic heterocycles. The van der Waals surface area contributed by atoms with Crippen LogP contribution in [0.2, 0.25) is 0 Å².